The lowest BCUT2D eigenvalue weighted by Crippen LogP contribution is -2.77. The fourth-order valence-corrected chi connectivity index (χ4v) is 4.21. The molecule has 4 fully saturated rings. The van der Waals surface area contributed by atoms with Crippen LogP contribution >= 0.6 is 0 Å². The molecule has 4 aliphatic heterocycles. The third-order valence-corrected chi connectivity index (χ3v) is 7.20. The van der Waals surface area contributed by atoms with E-state index in [1.165, 1.54) is 0 Å². The van der Waals surface area contributed by atoms with Gasteiger partial charge in [0.2, 0.25) is 0 Å². The van der Waals surface area contributed by atoms with Crippen LogP contribution in [0.2, 0.25) is 19.4 Å². The molecule has 4 saturated heterocycles. The van der Waals surface area contributed by atoms with E-state index in [1.54, 1.807) is 4.90 Å². The van der Waals surface area contributed by atoms with E-state index in [1.807, 2.05) is 0 Å². The standard InChI is InChI=1S/C22H44N4O4Si/c1-21(2,3)31(4,5)30-16-22(15-26-7-9-29-14-18(26)11-24-22)20(27)19-12-25-6-8-28-13-17(25)10-23-19/h17-20,23-24,27H,6-16H2,1-5H3/t17?,18-,19?,20?,22+/m1/s1/i1D2,2D3,3D3,4D3,5D3,7D,9D,11D,14D,15D,16D2,18D/hD/t7?,9?,11-,14?,15?,17?,18+,19?,20?,22-/m0. The number of hydrogen-bond donors (Lipinski definition) is 3. The van der Waals surface area contributed by atoms with Crippen LogP contribution < -0.4 is 10.6 Å². The van der Waals surface area contributed by atoms with E-state index < -0.39 is 110 Å². The number of rotatable bonds is 5. The van der Waals surface area contributed by atoms with Gasteiger partial charge >= 0.3 is 0 Å². The Balaban J connectivity index is 2.14. The minimum Gasteiger partial charge on any atom is -0.415 e. The highest BCUT2D eigenvalue weighted by molar-refractivity contribution is 6.74. The first-order valence-electron chi connectivity index (χ1n) is 21.8. The molecule has 4 rings (SSSR count). The monoisotopic (exact) mass is 479 g/mol. The van der Waals surface area contributed by atoms with Crippen LogP contribution in [0.25, 0.3) is 0 Å². The SMILES string of the molecule is [2H]C1OC([2H])[C@@]2([2H])[C@H]([2H])N([2H])[C@](C(O)C3CN4CCOCC4CN3)(C([2H])([2H])O[Si](C([2H])([2H])[2H])(C([2H])([2H])[2H])C(C([2H])[2H])(C([2H])([2H])[2H])C([2H])([2H])[2H])C([2H])N2C1[2H]. The van der Waals surface area contributed by atoms with Crippen molar-refractivity contribution in [3.05, 3.63) is 0 Å². The molecule has 4 aliphatic rings. The Bertz CT molecular complexity index is 1330. The smallest absolute Gasteiger partial charge is 0.192 e. The predicted molar refractivity (Wildman–Crippen MR) is 124 cm³/mol. The first-order chi connectivity index (χ1) is 24.2. The summed E-state index contributed by atoms with van der Waals surface area (Å²) in [6.07, 6.45) is -2.64. The minimum atomic E-state index is -7.39. The van der Waals surface area contributed by atoms with Crippen molar-refractivity contribution in [2.75, 3.05) is 72.1 Å². The molecule has 7 unspecified atom stereocenters. The zero-order valence-corrected chi connectivity index (χ0v) is 17.7. The predicted octanol–water partition coefficient (Wildman–Crippen LogP) is 0.0845. The molecule has 0 amide bonds. The van der Waals surface area contributed by atoms with Crippen LogP contribution in [-0.4, -0.2) is 125 Å². The van der Waals surface area contributed by atoms with Crippen molar-refractivity contribution < 1.29 is 50.6 Å². The second-order valence-corrected chi connectivity index (χ2v) is 10.3. The van der Waals surface area contributed by atoms with Crippen molar-refractivity contribution in [1.29, 1.82) is 0 Å². The summed E-state index contributed by atoms with van der Waals surface area (Å²) in [6.45, 7) is -37.5. The molecule has 0 radical (unpaired) electrons. The number of piperazine rings is 2. The van der Waals surface area contributed by atoms with Crippen molar-refractivity contribution in [3.8, 4) is 0 Å². The summed E-state index contributed by atoms with van der Waals surface area (Å²) in [5, 5.41) is 10.5. The van der Waals surface area contributed by atoms with Crippen LogP contribution in [0.4, 0.5) is 0 Å². The molecule has 3 N–H and O–H groups in total. The Kier molecular flexibility index (Phi) is 2.55. The van der Waals surface area contributed by atoms with Crippen LogP contribution in [0.5, 0.6) is 0 Å². The molecule has 0 aromatic carbocycles. The summed E-state index contributed by atoms with van der Waals surface area (Å²) in [5.74, 6) is 0. The fourth-order valence-electron chi connectivity index (χ4n) is 3.73. The van der Waals surface area contributed by atoms with Gasteiger partial charge in [-0.1, -0.05) is 20.6 Å². The summed E-state index contributed by atoms with van der Waals surface area (Å²) in [4.78, 5) is 2.03. The molecule has 0 saturated carbocycles. The normalized spacial score (nSPS) is 65.1. The lowest BCUT2D eigenvalue weighted by atomic mass is 9.83. The second kappa shape index (κ2) is 9.27. The van der Waals surface area contributed by atoms with Gasteiger partial charge in [-0.25, -0.2) is 0 Å². The molecule has 8 nitrogen and oxygen atoms in total. The fraction of sp³-hybridized carbons (Fsp3) is 1.00. The van der Waals surface area contributed by atoms with Crippen LogP contribution in [0.1, 0.15) is 50.7 Å². The van der Waals surface area contributed by atoms with Gasteiger partial charge in [-0.15, -0.1) is 0 Å². The van der Waals surface area contributed by atoms with Crippen molar-refractivity contribution in [1.82, 2.24) is 20.4 Å². The molecular formula is C22H44N4O4Si. The first-order valence-corrected chi connectivity index (χ1v) is 11.7. The van der Waals surface area contributed by atoms with Crippen molar-refractivity contribution in [2.45, 2.75) is 68.3 Å². The molecule has 31 heavy (non-hydrogen) atoms. The molecule has 0 bridgehead atoms. The molecule has 0 aliphatic carbocycles. The number of fused-ring (bicyclic) bond motifs is 2. The number of nitrogens with zero attached hydrogens (tertiary/aromatic N) is 2. The van der Waals surface area contributed by atoms with Gasteiger partial charge in [0, 0.05) is 80.6 Å². The summed E-state index contributed by atoms with van der Waals surface area (Å²) in [7, 11) is -7.39. The molecule has 0 aromatic rings. The first kappa shape index (κ1) is 8.53. The maximum Gasteiger partial charge on any atom is 0.192 e. The van der Waals surface area contributed by atoms with Gasteiger partial charge in [0.25, 0.3) is 0 Å². The highest BCUT2D eigenvalue weighted by Crippen LogP contribution is 2.38. The van der Waals surface area contributed by atoms with Gasteiger partial charge in [0.1, 0.15) is 1.41 Å². The molecule has 4 heterocycles. The number of nitrogens with one attached hydrogen (secondary N) is 2. The van der Waals surface area contributed by atoms with Gasteiger partial charge in [-0.3, -0.25) is 9.80 Å². The number of aliphatic hydroxyl groups excluding tert-OH is 1. The van der Waals surface area contributed by atoms with Crippen LogP contribution in [0, 0.1) is 0 Å². The molecular weight excluding hydrogens is 412 g/mol. The van der Waals surface area contributed by atoms with E-state index in [-0.39, 0.29) is 49.1 Å². The maximum atomic E-state index is 12.4. The van der Waals surface area contributed by atoms with E-state index in [0.717, 1.165) is 0 Å². The summed E-state index contributed by atoms with van der Waals surface area (Å²) in [6, 6.07) is -4.83. The Morgan fingerprint density at radius 1 is 1.48 bits per heavy atom. The Hall–Kier alpha value is -0.103. The van der Waals surface area contributed by atoms with E-state index in [0.29, 0.717) is 0 Å². The largest absolute Gasteiger partial charge is 0.415 e. The number of ether oxygens (including phenoxy) is 2. The summed E-state index contributed by atoms with van der Waals surface area (Å²) < 4.78 is 214. The van der Waals surface area contributed by atoms with E-state index in [2.05, 4.69) is 5.32 Å². The zero-order chi connectivity index (χ0) is 41.8. The Labute approximate surface area is 221 Å². The van der Waals surface area contributed by atoms with E-state index >= 15 is 0 Å². The van der Waals surface area contributed by atoms with Crippen LogP contribution in [0.3, 0.4) is 0 Å². The Morgan fingerprint density at radius 3 is 3.19 bits per heavy atom. The van der Waals surface area contributed by atoms with Crippen LogP contribution in [-0.2, 0) is 13.9 Å². The van der Waals surface area contributed by atoms with Crippen LogP contribution in [0.15, 0.2) is 0 Å². The van der Waals surface area contributed by atoms with Gasteiger partial charge in [0.15, 0.2) is 8.32 Å². The van der Waals surface area contributed by atoms with E-state index in [9.17, 15) is 10.6 Å². The molecule has 180 valence electrons. The quantitative estimate of drug-likeness (QED) is 0.479. The Morgan fingerprint density at radius 2 is 2.39 bits per heavy atom. The highest BCUT2D eigenvalue weighted by Gasteiger charge is 2.51. The number of aliphatic hydroxyl groups is 1. The molecule has 10 atom stereocenters. The maximum absolute atomic E-state index is 12.4. The lowest BCUT2D eigenvalue weighted by molar-refractivity contribution is -0.101. The van der Waals surface area contributed by atoms with Gasteiger partial charge in [-0.05, 0) is 18.0 Å². The third kappa shape index (κ3) is 5.05. The minimum absolute atomic E-state index is 0.00102. The molecule has 0 spiro atoms. The number of hydrogen-bond acceptors (Lipinski definition) is 8. The second-order valence-electron chi connectivity index (χ2n) is 7.96. The van der Waals surface area contributed by atoms with E-state index in [4.69, 9.17) is 39.9 Å². The third-order valence-electron chi connectivity index (χ3n) is 5.68. The zero-order valence-electron chi connectivity index (χ0n) is 39.7. The van der Waals surface area contributed by atoms with Crippen molar-refractivity contribution >= 4 is 8.32 Å². The van der Waals surface area contributed by atoms with Gasteiger partial charge in [-0.2, -0.15) is 0 Å². The summed E-state index contributed by atoms with van der Waals surface area (Å²) in [5.41, 5.74) is -3.74. The number of morpholine rings is 2. The van der Waals surface area contributed by atoms with Gasteiger partial charge in [0.05, 0.1) is 51.4 Å². The topological polar surface area (TPSA) is 78.5 Å². The lowest BCUT2D eigenvalue weighted by Gasteiger charge is -2.54. The average molecular weight is 480 g/mol. The van der Waals surface area contributed by atoms with Crippen molar-refractivity contribution in [3.63, 3.8) is 0 Å². The highest BCUT2D eigenvalue weighted by atomic mass is 28.4. The van der Waals surface area contributed by atoms with Crippen molar-refractivity contribution in [2.24, 2.45) is 0 Å². The molecule has 0 aromatic heterocycles. The average Bonchev–Trinajstić information content (AvgIpc) is 2.99. The molecule has 9 heteroatoms. The summed E-state index contributed by atoms with van der Waals surface area (Å²) >= 11 is 0. The van der Waals surface area contributed by atoms with Gasteiger partial charge < -0.3 is 29.6 Å².